The Morgan fingerprint density at radius 1 is 1.42 bits per heavy atom. The van der Waals surface area contributed by atoms with Crippen molar-refractivity contribution in [3.05, 3.63) is 58.4 Å². The highest BCUT2D eigenvalue weighted by molar-refractivity contribution is 6.32. The fourth-order valence-corrected chi connectivity index (χ4v) is 1.80. The number of aromatic nitrogens is 1. The van der Waals surface area contributed by atoms with Crippen LogP contribution in [-0.2, 0) is 6.54 Å². The van der Waals surface area contributed by atoms with Gasteiger partial charge in [0.05, 0.1) is 17.3 Å². The monoisotopic (exact) mass is 276 g/mol. The number of phenols is 1. The minimum atomic E-state index is -0.257. The molecule has 19 heavy (non-hydrogen) atoms. The van der Waals surface area contributed by atoms with Crippen LogP contribution in [0.25, 0.3) is 0 Å². The van der Waals surface area contributed by atoms with Crippen LogP contribution in [0.2, 0.25) is 5.02 Å². The van der Waals surface area contributed by atoms with E-state index in [1.54, 1.807) is 6.20 Å². The molecule has 0 aliphatic carbocycles. The van der Waals surface area contributed by atoms with Gasteiger partial charge in [0.15, 0.2) is 0 Å². The number of hydrogen-bond donors (Lipinski definition) is 2. The lowest BCUT2D eigenvalue weighted by molar-refractivity contribution is 0.0950. The highest BCUT2D eigenvalue weighted by atomic mass is 35.5. The second-order valence-electron chi connectivity index (χ2n) is 4.12. The maximum atomic E-state index is 11.9. The third-order valence-electron chi connectivity index (χ3n) is 2.74. The number of nitrogens with one attached hydrogen (secondary N) is 1. The first-order valence-electron chi connectivity index (χ1n) is 5.75. The molecule has 1 aromatic heterocycles. The van der Waals surface area contributed by atoms with Crippen LogP contribution in [0.5, 0.6) is 5.75 Å². The van der Waals surface area contributed by atoms with Crippen molar-refractivity contribution in [1.29, 1.82) is 0 Å². The number of pyridine rings is 1. The number of hydrogen-bond acceptors (Lipinski definition) is 3. The Labute approximate surface area is 116 Å². The normalized spacial score (nSPS) is 10.2. The van der Waals surface area contributed by atoms with Crippen molar-refractivity contribution in [3.8, 4) is 5.75 Å². The zero-order valence-electron chi connectivity index (χ0n) is 10.4. The maximum Gasteiger partial charge on any atom is 0.251 e. The first-order chi connectivity index (χ1) is 9.08. The number of carbonyl (C=O) groups is 1. The SMILES string of the molecule is Cc1cccnc1CNC(=O)c1ccc(O)c(Cl)c1. The zero-order valence-corrected chi connectivity index (χ0v) is 11.1. The highest BCUT2D eigenvalue weighted by Crippen LogP contribution is 2.23. The van der Waals surface area contributed by atoms with Crippen molar-refractivity contribution >= 4 is 17.5 Å². The Kier molecular flexibility index (Phi) is 4.02. The number of amides is 1. The third kappa shape index (κ3) is 3.23. The van der Waals surface area contributed by atoms with Crippen molar-refractivity contribution in [1.82, 2.24) is 10.3 Å². The van der Waals surface area contributed by atoms with Crippen LogP contribution >= 0.6 is 11.6 Å². The fraction of sp³-hybridized carbons (Fsp3) is 0.143. The van der Waals surface area contributed by atoms with E-state index in [2.05, 4.69) is 10.3 Å². The Hall–Kier alpha value is -2.07. The number of nitrogens with zero attached hydrogens (tertiary/aromatic N) is 1. The van der Waals surface area contributed by atoms with E-state index in [0.717, 1.165) is 11.3 Å². The van der Waals surface area contributed by atoms with E-state index in [4.69, 9.17) is 11.6 Å². The second kappa shape index (κ2) is 5.71. The standard InChI is InChI=1S/C14H13ClN2O2/c1-9-3-2-6-16-12(9)8-17-14(19)10-4-5-13(18)11(15)7-10/h2-7,18H,8H2,1H3,(H,17,19). The molecule has 0 atom stereocenters. The van der Waals surface area contributed by atoms with Crippen LogP contribution in [0, 0.1) is 6.92 Å². The number of rotatable bonds is 3. The van der Waals surface area contributed by atoms with Crippen molar-refractivity contribution in [2.24, 2.45) is 0 Å². The van der Waals surface area contributed by atoms with E-state index in [1.807, 2.05) is 19.1 Å². The lowest BCUT2D eigenvalue weighted by Gasteiger charge is -2.07. The van der Waals surface area contributed by atoms with Gasteiger partial charge < -0.3 is 10.4 Å². The smallest absolute Gasteiger partial charge is 0.251 e. The molecule has 2 aromatic rings. The number of carbonyl (C=O) groups excluding carboxylic acids is 1. The van der Waals surface area contributed by atoms with E-state index >= 15 is 0 Å². The molecule has 1 aromatic carbocycles. The molecule has 0 unspecified atom stereocenters. The molecule has 5 heteroatoms. The quantitative estimate of drug-likeness (QED) is 0.906. The molecule has 98 valence electrons. The van der Waals surface area contributed by atoms with Gasteiger partial charge in [0.2, 0.25) is 0 Å². The van der Waals surface area contributed by atoms with Crippen LogP contribution in [0.3, 0.4) is 0 Å². The van der Waals surface area contributed by atoms with E-state index < -0.39 is 0 Å². The summed E-state index contributed by atoms with van der Waals surface area (Å²) in [5.41, 5.74) is 2.24. The van der Waals surface area contributed by atoms with Crippen molar-refractivity contribution < 1.29 is 9.90 Å². The highest BCUT2D eigenvalue weighted by Gasteiger charge is 2.09. The van der Waals surface area contributed by atoms with Gasteiger partial charge in [-0.3, -0.25) is 9.78 Å². The lowest BCUT2D eigenvalue weighted by atomic mass is 10.2. The van der Waals surface area contributed by atoms with Crippen molar-refractivity contribution in [3.63, 3.8) is 0 Å². The molecule has 0 saturated heterocycles. The second-order valence-corrected chi connectivity index (χ2v) is 4.52. The average Bonchev–Trinajstić information content (AvgIpc) is 2.40. The van der Waals surface area contributed by atoms with Gasteiger partial charge in [-0.05, 0) is 36.8 Å². The number of phenolic OH excluding ortho intramolecular Hbond substituents is 1. The minimum absolute atomic E-state index is 0.0428. The van der Waals surface area contributed by atoms with Crippen molar-refractivity contribution in [2.45, 2.75) is 13.5 Å². The van der Waals surface area contributed by atoms with Gasteiger partial charge in [-0.25, -0.2) is 0 Å². The van der Waals surface area contributed by atoms with E-state index in [1.165, 1.54) is 18.2 Å². The molecule has 4 nitrogen and oxygen atoms in total. The maximum absolute atomic E-state index is 11.9. The van der Waals surface area contributed by atoms with E-state index in [9.17, 15) is 9.90 Å². The molecule has 0 saturated carbocycles. The molecule has 0 fully saturated rings. The lowest BCUT2D eigenvalue weighted by Crippen LogP contribution is -2.23. The molecule has 0 aliphatic rings. The molecule has 1 amide bonds. The number of halogens is 1. The summed E-state index contributed by atoms with van der Waals surface area (Å²) in [6.45, 7) is 2.29. The molecule has 0 radical (unpaired) electrons. The number of benzene rings is 1. The molecular weight excluding hydrogens is 264 g/mol. The molecule has 1 heterocycles. The molecule has 2 N–H and O–H groups in total. The van der Waals surface area contributed by atoms with Crippen LogP contribution < -0.4 is 5.32 Å². The number of aromatic hydroxyl groups is 1. The predicted octanol–water partition coefficient (Wildman–Crippen LogP) is 2.68. The number of aryl methyl sites for hydroxylation is 1. The van der Waals surface area contributed by atoms with Gasteiger partial charge in [0.25, 0.3) is 5.91 Å². The third-order valence-corrected chi connectivity index (χ3v) is 3.05. The van der Waals surface area contributed by atoms with Gasteiger partial charge >= 0.3 is 0 Å². The van der Waals surface area contributed by atoms with Crippen molar-refractivity contribution in [2.75, 3.05) is 0 Å². The van der Waals surface area contributed by atoms with Crippen LogP contribution in [-0.4, -0.2) is 16.0 Å². The van der Waals surface area contributed by atoms with E-state index in [-0.39, 0.29) is 16.7 Å². The molecule has 0 bridgehead atoms. The Balaban J connectivity index is 2.05. The molecule has 0 aliphatic heterocycles. The summed E-state index contributed by atoms with van der Waals surface area (Å²) in [4.78, 5) is 16.1. The minimum Gasteiger partial charge on any atom is -0.506 e. The molecule has 2 rings (SSSR count). The average molecular weight is 277 g/mol. The Morgan fingerprint density at radius 2 is 2.21 bits per heavy atom. The summed E-state index contributed by atoms with van der Waals surface area (Å²) in [6.07, 6.45) is 1.69. The van der Waals surface area contributed by atoms with Gasteiger partial charge in [-0.1, -0.05) is 17.7 Å². The first kappa shape index (κ1) is 13.4. The Bertz CT molecular complexity index is 614. The van der Waals surface area contributed by atoms with Gasteiger partial charge in [0.1, 0.15) is 5.75 Å². The van der Waals surface area contributed by atoms with Gasteiger partial charge in [0, 0.05) is 11.8 Å². The first-order valence-corrected chi connectivity index (χ1v) is 6.13. The van der Waals surface area contributed by atoms with Crippen LogP contribution in [0.15, 0.2) is 36.5 Å². The predicted molar refractivity (Wildman–Crippen MR) is 73.3 cm³/mol. The summed E-state index contributed by atoms with van der Waals surface area (Å²) in [7, 11) is 0. The Morgan fingerprint density at radius 3 is 2.89 bits per heavy atom. The summed E-state index contributed by atoms with van der Waals surface area (Å²) < 4.78 is 0. The van der Waals surface area contributed by atoms with Gasteiger partial charge in [-0.2, -0.15) is 0 Å². The van der Waals surface area contributed by atoms with Gasteiger partial charge in [-0.15, -0.1) is 0 Å². The fourth-order valence-electron chi connectivity index (χ4n) is 1.62. The topological polar surface area (TPSA) is 62.2 Å². The molecule has 0 spiro atoms. The summed E-state index contributed by atoms with van der Waals surface area (Å²) in [6, 6.07) is 8.12. The summed E-state index contributed by atoms with van der Waals surface area (Å²) >= 11 is 5.76. The molecular formula is C14H13ClN2O2. The summed E-state index contributed by atoms with van der Waals surface area (Å²) in [5, 5.41) is 12.2. The largest absolute Gasteiger partial charge is 0.506 e. The van der Waals surface area contributed by atoms with Crippen LogP contribution in [0.1, 0.15) is 21.6 Å². The van der Waals surface area contributed by atoms with E-state index in [0.29, 0.717) is 12.1 Å². The summed E-state index contributed by atoms with van der Waals surface area (Å²) in [5.74, 6) is -0.300. The zero-order chi connectivity index (χ0) is 13.8. The van der Waals surface area contributed by atoms with Crippen LogP contribution in [0.4, 0.5) is 0 Å².